The Hall–Kier alpha value is -1.29. The van der Waals surface area contributed by atoms with Gasteiger partial charge in [0.15, 0.2) is 0 Å². The molecule has 2 aromatic rings. The van der Waals surface area contributed by atoms with Gasteiger partial charge in [0.25, 0.3) is 6.01 Å². The van der Waals surface area contributed by atoms with E-state index in [0.29, 0.717) is 6.01 Å². The molecule has 2 rings (SSSR count). The second kappa shape index (κ2) is 3.84. The molecule has 0 amide bonds. The minimum Gasteiger partial charge on any atom is -0.426 e. The lowest BCUT2D eigenvalue weighted by Crippen LogP contribution is -1.85. The molecule has 0 saturated heterocycles. The van der Waals surface area contributed by atoms with Gasteiger partial charge in [0.05, 0.1) is 6.20 Å². The number of hydrogen-bond donors (Lipinski definition) is 1. The molecule has 0 radical (unpaired) electrons. The predicted octanol–water partition coefficient (Wildman–Crippen LogP) is 3.27. The van der Waals surface area contributed by atoms with Crippen LogP contribution in [-0.2, 0) is 0 Å². The number of aromatic amines is 1. The zero-order valence-corrected chi connectivity index (χ0v) is 9.21. The third-order valence-electron chi connectivity index (χ3n) is 1.76. The average molecular weight is 253 g/mol. The normalized spacial score (nSPS) is 10.1. The Morgan fingerprint density at radius 3 is 2.57 bits per heavy atom. The van der Waals surface area contributed by atoms with Crippen LogP contribution in [0.2, 0.25) is 0 Å². The van der Waals surface area contributed by atoms with Crippen molar-refractivity contribution in [2.75, 3.05) is 0 Å². The van der Waals surface area contributed by atoms with Crippen LogP contribution in [0.5, 0.6) is 11.8 Å². The summed E-state index contributed by atoms with van der Waals surface area (Å²) in [7, 11) is 0. The van der Waals surface area contributed by atoms with Crippen molar-refractivity contribution in [3.05, 3.63) is 40.6 Å². The highest BCUT2D eigenvalue weighted by atomic mass is 79.9. The largest absolute Gasteiger partial charge is 0.426 e. The van der Waals surface area contributed by atoms with Crippen LogP contribution in [-0.4, -0.2) is 9.97 Å². The number of H-pyrrole nitrogens is 1. The summed E-state index contributed by atoms with van der Waals surface area (Å²) in [5, 5.41) is 0. The highest BCUT2D eigenvalue weighted by Gasteiger charge is 2.00. The van der Waals surface area contributed by atoms with E-state index in [2.05, 4.69) is 25.9 Å². The maximum atomic E-state index is 5.46. The van der Waals surface area contributed by atoms with Crippen molar-refractivity contribution in [1.82, 2.24) is 9.97 Å². The molecule has 0 aliphatic rings. The van der Waals surface area contributed by atoms with Gasteiger partial charge < -0.3 is 9.72 Å². The first-order valence-corrected chi connectivity index (χ1v) is 4.98. The van der Waals surface area contributed by atoms with Crippen LogP contribution in [0.15, 0.2) is 35.1 Å². The maximum Gasteiger partial charge on any atom is 0.299 e. The number of benzene rings is 1. The summed E-state index contributed by atoms with van der Waals surface area (Å²) in [5.74, 6) is 0.775. The Labute approximate surface area is 90.3 Å². The molecule has 14 heavy (non-hydrogen) atoms. The van der Waals surface area contributed by atoms with E-state index in [1.54, 1.807) is 6.20 Å². The molecule has 0 saturated carbocycles. The van der Waals surface area contributed by atoms with Gasteiger partial charge in [-0.25, -0.2) is 4.98 Å². The maximum absolute atomic E-state index is 5.46. The van der Waals surface area contributed by atoms with E-state index in [-0.39, 0.29) is 0 Å². The van der Waals surface area contributed by atoms with E-state index in [1.807, 2.05) is 31.2 Å². The van der Waals surface area contributed by atoms with Gasteiger partial charge in [0, 0.05) is 0 Å². The Morgan fingerprint density at radius 1 is 1.29 bits per heavy atom. The summed E-state index contributed by atoms with van der Waals surface area (Å²) < 4.78 is 6.26. The summed E-state index contributed by atoms with van der Waals surface area (Å²) in [6.07, 6.45) is 1.66. The van der Waals surface area contributed by atoms with Crippen molar-refractivity contribution in [3.63, 3.8) is 0 Å². The van der Waals surface area contributed by atoms with Gasteiger partial charge in [-0.3, -0.25) is 0 Å². The number of nitrogens with zero attached hydrogens (tertiary/aromatic N) is 1. The van der Waals surface area contributed by atoms with Gasteiger partial charge in [-0.1, -0.05) is 17.7 Å². The van der Waals surface area contributed by atoms with Crippen molar-refractivity contribution >= 4 is 15.9 Å². The van der Waals surface area contributed by atoms with E-state index in [0.717, 1.165) is 10.4 Å². The van der Waals surface area contributed by atoms with Crippen LogP contribution < -0.4 is 4.74 Å². The third-order valence-corrected chi connectivity index (χ3v) is 2.16. The highest BCUT2D eigenvalue weighted by Crippen LogP contribution is 2.19. The molecule has 72 valence electrons. The summed E-state index contributed by atoms with van der Waals surface area (Å²) in [6.45, 7) is 2.03. The standard InChI is InChI=1S/C10H9BrN2O/c1-7-2-4-8(5-3-7)14-10-12-6-9(11)13-10/h2-6H,1H3,(H,12,13). The molecule has 0 spiro atoms. The monoisotopic (exact) mass is 252 g/mol. The second-order valence-electron chi connectivity index (χ2n) is 2.95. The third kappa shape index (κ3) is 2.14. The fourth-order valence-corrected chi connectivity index (χ4v) is 1.32. The molecule has 1 N–H and O–H groups in total. The van der Waals surface area contributed by atoms with Gasteiger partial charge in [-0.05, 0) is 35.0 Å². The van der Waals surface area contributed by atoms with E-state index < -0.39 is 0 Å². The molecule has 0 atom stereocenters. The van der Waals surface area contributed by atoms with Gasteiger partial charge in [-0.15, -0.1) is 0 Å². The molecule has 1 aromatic heterocycles. The SMILES string of the molecule is Cc1ccc(Oc2ncc(Br)[nH]2)cc1. The number of nitrogens with one attached hydrogen (secondary N) is 1. The van der Waals surface area contributed by atoms with Crippen LogP contribution >= 0.6 is 15.9 Å². The van der Waals surface area contributed by atoms with Crippen LogP contribution in [0, 0.1) is 6.92 Å². The van der Waals surface area contributed by atoms with Gasteiger partial charge >= 0.3 is 0 Å². The van der Waals surface area contributed by atoms with Gasteiger partial charge in [0.2, 0.25) is 0 Å². The lowest BCUT2D eigenvalue weighted by Gasteiger charge is -2.01. The van der Waals surface area contributed by atoms with Crippen molar-refractivity contribution in [2.24, 2.45) is 0 Å². The van der Waals surface area contributed by atoms with Crippen LogP contribution in [0.1, 0.15) is 5.56 Å². The smallest absolute Gasteiger partial charge is 0.299 e. The quantitative estimate of drug-likeness (QED) is 0.891. The van der Waals surface area contributed by atoms with E-state index in [9.17, 15) is 0 Å². The zero-order valence-electron chi connectivity index (χ0n) is 7.62. The molecule has 0 aliphatic heterocycles. The molecular formula is C10H9BrN2O. The molecule has 0 bridgehead atoms. The van der Waals surface area contributed by atoms with Crippen molar-refractivity contribution in [3.8, 4) is 11.8 Å². The van der Waals surface area contributed by atoms with Gasteiger partial charge in [0.1, 0.15) is 10.4 Å². The number of halogens is 1. The Bertz CT molecular complexity index is 422. The molecule has 1 heterocycles. The fourth-order valence-electron chi connectivity index (χ4n) is 1.05. The number of ether oxygens (including phenoxy) is 1. The summed E-state index contributed by atoms with van der Waals surface area (Å²) in [5.41, 5.74) is 1.21. The summed E-state index contributed by atoms with van der Waals surface area (Å²) in [6, 6.07) is 8.29. The topological polar surface area (TPSA) is 37.9 Å². The van der Waals surface area contributed by atoms with Crippen molar-refractivity contribution in [2.45, 2.75) is 6.92 Å². The van der Waals surface area contributed by atoms with Crippen molar-refractivity contribution in [1.29, 1.82) is 0 Å². The summed E-state index contributed by atoms with van der Waals surface area (Å²) >= 11 is 3.26. The van der Waals surface area contributed by atoms with Crippen LogP contribution in [0.25, 0.3) is 0 Å². The lowest BCUT2D eigenvalue weighted by molar-refractivity contribution is 0.447. The van der Waals surface area contributed by atoms with Crippen LogP contribution in [0.3, 0.4) is 0 Å². The zero-order chi connectivity index (χ0) is 9.97. The molecule has 3 nitrogen and oxygen atoms in total. The second-order valence-corrected chi connectivity index (χ2v) is 3.81. The van der Waals surface area contributed by atoms with E-state index >= 15 is 0 Å². The first-order valence-electron chi connectivity index (χ1n) is 4.19. The predicted molar refractivity (Wildman–Crippen MR) is 57.5 cm³/mol. The fraction of sp³-hybridized carbons (Fsp3) is 0.100. The van der Waals surface area contributed by atoms with Crippen molar-refractivity contribution < 1.29 is 4.74 Å². The molecule has 0 unspecified atom stereocenters. The van der Waals surface area contributed by atoms with Crippen LogP contribution in [0.4, 0.5) is 0 Å². The first-order chi connectivity index (χ1) is 6.74. The molecule has 0 fully saturated rings. The molecule has 4 heteroatoms. The minimum atomic E-state index is 0.487. The summed E-state index contributed by atoms with van der Waals surface area (Å²) in [4.78, 5) is 6.93. The Balaban J connectivity index is 2.15. The molecule has 1 aromatic carbocycles. The number of imidazole rings is 1. The Kier molecular flexibility index (Phi) is 2.54. The molecule has 0 aliphatic carbocycles. The Morgan fingerprint density at radius 2 is 2.00 bits per heavy atom. The first kappa shape index (κ1) is 9.27. The number of aromatic nitrogens is 2. The number of aryl methyl sites for hydroxylation is 1. The van der Waals surface area contributed by atoms with Gasteiger partial charge in [-0.2, -0.15) is 0 Å². The number of hydrogen-bond acceptors (Lipinski definition) is 2. The minimum absolute atomic E-state index is 0.487. The van der Waals surface area contributed by atoms with E-state index in [1.165, 1.54) is 5.56 Å². The number of rotatable bonds is 2. The lowest BCUT2D eigenvalue weighted by atomic mass is 10.2. The highest BCUT2D eigenvalue weighted by molar-refractivity contribution is 9.10. The van der Waals surface area contributed by atoms with E-state index in [4.69, 9.17) is 4.74 Å². The average Bonchev–Trinajstić information content (AvgIpc) is 2.56. The molecular weight excluding hydrogens is 244 g/mol.